The molecule has 2 heterocycles. The number of carbonyl (C=O) groups is 1. The van der Waals surface area contributed by atoms with Crippen LogP contribution in [-0.4, -0.2) is 40.3 Å². The van der Waals surface area contributed by atoms with E-state index in [-0.39, 0.29) is 23.2 Å². The Balaban J connectivity index is 1.75. The van der Waals surface area contributed by atoms with Crippen LogP contribution in [0, 0.1) is 12.7 Å². The highest BCUT2D eigenvalue weighted by atomic mass is 19.1. The van der Waals surface area contributed by atoms with Crippen molar-refractivity contribution in [3.8, 4) is 28.0 Å². The number of hydrogen-bond donors (Lipinski definition) is 3. The number of nitrogens with zero attached hydrogens (tertiary/aromatic N) is 2. The van der Waals surface area contributed by atoms with Crippen LogP contribution < -0.4 is 10.6 Å². The monoisotopic (exact) mass is 471 g/mol. The predicted octanol–water partition coefficient (Wildman–Crippen LogP) is 5.35. The first-order valence-corrected chi connectivity index (χ1v) is 11.6. The number of nitrogens with two attached hydrogens (primary N) is 1. The lowest BCUT2D eigenvalue weighted by Crippen LogP contribution is -2.40. The molecule has 0 aliphatic carbocycles. The molecule has 1 aromatic heterocycles. The van der Waals surface area contributed by atoms with Gasteiger partial charge in [-0.15, -0.1) is 0 Å². The summed E-state index contributed by atoms with van der Waals surface area (Å²) in [5, 5.41) is 20.9. The van der Waals surface area contributed by atoms with Crippen LogP contribution in [0.2, 0.25) is 0 Å². The van der Waals surface area contributed by atoms with E-state index in [9.17, 15) is 19.4 Å². The molecule has 0 spiro atoms. The summed E-state index contributed by atoms with van der Waals surface area (Å²) in [6.07, 6.45) is 3.46. The maximum absolute atomic E-state index is 14.4. The Bertz CT molecular complexity index is 1430. The zero-order chi connectivity index (χ0) is 24.7. The number of rotatable bonds is 4. The van der Waals surface area contributed by atoms with Crippen molar-refractivity contribution in [1.82, 2.24) is 4.98 Å². The molecule has 0 bridgehead atoms. The quantitative estimate of drug-likeness (QED) is 0.371. The van der Waals surface area contributed by atoms with Gasteiger partial charge in [-0.1, -0.05) is 24.3 Å². The molecule has 1 saturated heterocycles. The molecule has 0 saturated carbocycles. The van der Waals surface area contributed by atoms with Crippen LogP contribution in [-0.2, 0) is 0 Å². The number of carboxylic acid groups (broad SMARTS) is 1. The number of pyridine rings is 1. The molecule has 0 atom stereocenters. The minimum absolute atomic E-state index is 0.144. The summed E-state index contributed by atoms with van der Waals surface area (Å²) < 4.78 is 14.4. The fraction of sp³-hybridized carbons (Fsp3) is 0.214. The minimum atomic E-state index is -1.19. The Hall–Kier alpha value is -3.97. The average molecular weight is 472 g/mol. The molecular formula is C28H26FN3O3. The van der Waals surface area contributed by atoms with Crippen molar-refractivity contribution >= 4 is 22.6 Å². The SMILES string of the molecule is Cc1cc(F)cc(-c2cnc3ccc(-c4cccc(C(=O)O)c4O)cc3c2N2CCC(N)CC2)c1. The molecule has 4 N–H and O–H groups in total. The van der Waals surface area contributed by atoms with Crippen LogP contribution in [0.4, 0.5) is 10.1 Å². The van der Waals surface area contributed by atoms with E-state index in [2.05, 4.69) is 9.88 Å². The van der Waals surface area contributed by atoms with Crippen molar-refractivity contribution in [2.75, 3.05) is 18.0 Å². The minimum Gasteiger partial charge on any atom is -0.506 e. The number of halogens is 1. The van der Waals surface area contributed by atoms with Gasteiger partial charge in [0.25, 0.3) is 0 Å². The van der Waals surface area contributed by atoms with Gasteiger partial charge in [0, 0.05) is 41.8 Å². The number of hydrogen-bond acceptors (Lipinski definition) is 5. The normalized spacial score (nSPS) is 14.4. The second kappa shape index (κ2) is 9.00. The van der Waals surface area contributed by atoms with Crippen LogP contribution in [0.1, 0.15) is 28.8 Å². The van der Waals surface area contributed by atoms with Crippen molar-refractivity contribution < 1.29 is 19.4 Å². The Morgan fingerprint density at radius 3 is 2.54 bits per heavy atom. The van der Waals surface area contributed by atoms with Gasteiger partial charge in [-0.3, -0.25) is 4.98 Å². The molecule has 0 amide bonds. The lowest BCUT2D eigenvalue weighted by Gasteiger charge is -2.34. The van der Waals surface area contributed by atoms with Crippen LogP contribution in [0.25, 0.3) is 33.2 Å². The predicted molar refractivity (Wildman–Crippen MR) is 135 cm³/mol. The molecule has 3 aromatic carbocycles. The lowest BCUT2D eigenvalue weighted by atomic mass is 9.95. The van der Waals surface area contributed by atoms with Crippen molar-refractivity contribution in [2.24, 2.45) is 5.73 Å². The molecule has 35 heavy (non-hydrogen) atoms. The summed E-state index contributed by atoms with van der Waals surface area (Å²) in [6, 6.07) is 15.4. The first kappa shape index (κ1) is 22.8. The topological polar surface area (TPSA) is 99.7 Å². The van der Waals surface area contributed by atoms with Crippen molar-refractivity contribution in [3.05, 3.63) is 77.7 Å². The zero-order valence-corrected chi connectivity index (χ0v) is 19.3. The number of aromatic carboxylic acids is 1. The molecule has 0 radical (unpaired) electrons. The highest BCUT2D eigenvalue weighted by molar-refractivity contribution is 6.02. The highest BCUT2D eigenvalue weighted by Gasteiger charge is 2.23. The number of aromatic nitrogens is 1. The van der Waals surface area contributed by atoms with E-state index in [1.54, 1.807) is 18.3 Å². The van der Waals surface area contributed by atoms with E-state index in [1.807, 2.05) is 31.2 Å². The third-order valence-corrected chi connectivity index (χ3v) is 6.63. The molecule has 0 unspecified atom stereocenters. The van der Waals surface area contributed by atoms with Gasteiger partial charge in [0.05, 0.1) is 11.2 Å². The number of aromatic hydroxyl groups is 1. The average Bonchev–Trinajstić information content (AvgIpc) is 2.83. The van der Waals surface area contributed by atoms with Gasteiger partial charge < -0.3 is 20.8 Å². The Morgan fingerprint density at radius 2 is 1.83 bits per heavy atom. The van der Waals surface area contributed by atoms with Gasteiger partial charge in [-0.05, 0) is 66.8 Å². The molecular weight excluding hydrogens is 445 g/mol. The zero-order valence-electron chi connectivity index (χ0n) is 19.3. The van der Waals surface area contributed by atoms with Crippen molar-refractivity contribution in [1.29, 1.82) is 0 Å². The largest absolute Gasteiger partial charge is 0.506 e. The van der Waals surface area contributed by atoms with Gasteiger partial charge in [-0.2, -0.15) is 0 Å². The number of fused-ring (bicyclic) bond motifs is 1. The Kier molecular flexibility index (Phi) is 5.86. The lowest BCUT2D eigenvalue weighted by molar-refractivity contribution is 0.0694. The molecule has 4 aromatic rings. The molecule has 178 valence electrons. The van der Waals surface area contributed by atoms with Crippen LogP contribution >= 0.6 is 0 Å². The number of carboxylic acids is 1. The third kappa shape index (κ3) is 4.31. The van der Waals surface area contributed by atoms with Crippen molar-refractivity contribution in [3.63, 3.8) is 0 Å². The number of phenols is 1. The Labute approximate surface area is 202 Å². The van der Waals surface area contributed by atoms with Gasteiger partial charge in [0.15, 0.2) is 0 Å². The second-order valence-corrected chi connectivity index (χ2v) is 9.10. The number of benzene rings is 3. The number of anilines is 1. The third-order valence-electron chi connectivity index (χ3n) is 6.63. The van der Waals surface area contributed by atoms with E-state index in [1.165, 1.54) is 18.2 Å². The standard InChI is InChI=1S/C28H26FN3O3/c1-16-11-18(13-19(29)12-16)24-15-31-25-6-5-17(21-3-2-4-22(27(21)33)28(34)35)14-23(25)26(24)32-9-7-20(30)8-10-32/h2-6,11-15,20,33H,7-10,30H2,1H3,(H,34,35). The fourth-order valence-electron chi connectivity index (χ4n) is 4.86. The van der Waals surface area contributed by atoms with E-state index in [0.29, 0.717) is 11.1 Å². The maximum atomic E-state index is 14.4. The fourth-order valence-corrected chi connectivity index (χ4v) is 4.86. The van der Waals surface area contributed by atoms with Crippen LogP contribution in [0.15, 0.2) is 60.8 Å². The van der Waals surface area contributed by atoms with Crippen LogP contribution in [0.5, 0.6) is 5.75 Å². The number of para-hydroxylation sites is 1. The highest BCUT2D eigenvalue weighted by Crippen LogP contribution is 2.41. The van der Waals surface area contributed by atoms with Crippen LogP contribution in [0.3, 0.4) is 0 Å². The smallest absolute Gasteiger partial charge is 0.339 e. The number of aryl methyl sites for hydroxylation is 1. The maximum Gasteiger partial charge on any atom is 0.339 e. The summed E-state index contributed by atoms with van der Waals surface area (Å²) in [5.41, 5.74) is 11.2. The number of piperidine rings is 1. The molecule has 1 aliphatic rings. The van der Waals surface area contributed by atoms with E-state index >= 15 is 0 Å². The van der Waals surface area contributed by atoms with Gasteiger partial charge >= 0.3 is 5.97 Å². The summed E-state index contributed by atoms with van der Waals surface area (Å²) in [6.45, 7) is 3.37. The Morgan fingerprint density at radius 1 is 1.06 bits per heavy atom. The van der Waals surface area contributed by atoms with Gasteiger partial charge in [0.2, 0.25) is 0 Å². The first-order valence-electron chi connectivity index (χ1n) is 11.6. The van der Waals surface area contributed by atoms with Crippen molar-refractivity contribution in [2.45, 2.75) is 25.8 Å². The summed E-state index contributed by atoms with van der Waals surface area (Å²) in [4.78, 5) is 18.5. The van der Waals surface area contributed by atoms with E-state index in [0.717, 1.165) is 59.2 Å². The first-order chi connectivity index (χ1) is 16.8. The summed E-state index contributed by atoms with van der Waals surface area (Å²) in [5.74, 6) is -1.79. The molecule has 1 fully saturated rings. The molecule has 6 nitrogen and oxygen atoms in total. The second-order valence-electron chi connectivity index (χ2n) is 9.10. The molecule has 5 rings (SSSR count). The molecule has 7 heteroatoms. The summed E-state index contributed by atoms with van der Waals surface area (Å²) >= 11 is 0. The van der Waals surface area contributed by atoms with Gasteiger partial charge in [0.1, 0.15) is 17.1 Å². The molecule has 1 aliphatic heterocycles. The summed E-state index contributed by atoms with van der Waals surface area (Å²) in [7, 11) is 0. The van der Waals surface area contributed by atoms with Gasteiger partial charge in [-0.25, -0.2) is 9.18 Å². The van der Waals surface area contributed by atoms with E-state index < -0.39 is 5.97 Å². The van der Waals surface area contributed by atoms with E-state index in [4.69, 9.17) is 5.73 Å².